The molecule has 4 heteroatoms. The molecule has 2 fully saturated rings. The van der Waals surface area contributed by atoms with Crippen molar-refractivity contribution in [3.05, 3.63) is 47.8 Å². The fourth-order valence-electron chi connectivity index (χ4n) is 4.56. The van der Waals surface area contributed by atoms with Crippen LogP contribution in [-0.4, -0.2) is 29.4 Å². The number of amides is 1. The number of carbonyl (C=O) groups is 1. The van der Waals surface area contributed by atoms with Gasteiger partial charge in [0.1, 0.15) is 5.75 Å². The summed E-state index contributed by atoms with van der Waals surface area (Å²) in [5.41, 5.74) is 4.33. The van der Waals surface area contributed by atoms with Crippen LogP contribution in [0.3, 0.4) is 0 Å². The number of nitrogens with zero attached hydrogens (tertiary/aromatic N) is 2. The molecule has 4 nitrogen and oxygen atoms in total. The van der Waals surface area contributed by atoms with Crippen LogP contribution in [-0.2, 0) is 4.79 Å². The highest BCUT2D eigenvalue weighted by atomic mass is 16.5. The smallest absolute Gasteiger partial charge is 0.226 e. The van der Waals surface area contributed by atoms with Crippen LogP contribution in [0.2, 0.25) is 0 Å². The molecule has 1 aromatic carbocycles. The van der Waals surface area contributed by atoms with E-state index in [4.69, 9.17) is 9.72 Å². The van der Waals surface area contributed by atoms with Crippen molar-refractivity contribution in [2.75, 3.05) is 13.7 Å². The zero-order valence-electron chi connectivity index (χ0n) is 16.3. The molecule has 0 radical (unpaired) electrons. The predicted octanol–water partition coefficient (Wildman–Crippen LogP) is 4.92. The standard InChI is InChI=1S/C23H28N2O2/c1-16-14-19(17-9-11-20(27-2)12-10-17)15-21(24-16)22-8-5-13-25(22)23(26)18-6-3-4-7-18/h9-12,14-15,18,22H,3-8,13H2,1-2H3/t22-/m0/s1. The van der Waals surface area contributed by atoms with E-state index in [0.717, 1.165) is 60.5 Å². The van der Waals surface area contributed by atoms with Gasteiger partial charge in [-0.2, -0.15) is 0 Å². The second-order valence-electron chi connectivity index (χ2n) is 7.82. The maximum atomic E-state index is 13.0. The third-order valence-electron chi connectivity index (χ3n) is 5.98. The summed E-state index contributed by atoms with van der Waals surface area (Å²) >= 11 is 0. The van der Waals surface area contributed by atoms with E-state index >= 15 is 0 Å². The molecule has 1 atom stereocenters. The van der Waals surface area contributed by atoms with Gasteiger partial charge in [-0.1, -0.05) is 25.0 Å². The second kappa shape index (κ2) is 7.71. The summed E-state index contributed by atoms with van der Waals surface area (Å²) in [5.74, 6) is 1.44. The molecule has 2 aromatic rings. The zero-order chi connectivity index (χ0) is 18.8. The molecule has 1 saturated heterocycles. The third-order valence-corrected chi connectivity index (χ3v) is 5.98. The number of hydrogen-bond acceptors (Lipinski definition) is 3. The summed E-state index contributed by atoms with van der Waals surface area (Å²) in [5, 5.41) is 0. The van der Waals surface area contributed by atoms with Gasteiger partial charge in [0, 0.05) is 18.2 Å². The molecule has 0 bridgehead atoms. The highest BCUT2D eigenvalue weighted by Gasteiger charge is 2.35. The molecule has 2 heterocycles. The lowest BCUT2D eigenvalue weighted by atomic mass is 10.0. The van der Waals surface area contributed by atoms with Gasteiger partial charge in [0.25, 0.3) is 0 Å². The van der Waals surface area contributed by atoms with E-state index in [-0.39, 0.29) is 12.0 Å². The van der Waals surface area contributed by atoms with Gasteiger partial charge in [-0.05, 0) is 68.0 Å². The first-order valence-electron chi connectivity index (χ1n) is 10.1. The van der Waals surface area contributed by atoms with Crippen molar-refractivity contribution < 1.29 is 9.53 Å². The molecule has 1 aliphatic heterocycles. The lowest BCUT2D eigenvalue weighted by Crippen LogP contribution is -2.35. The first-order valence-corrected chi connectivity index (χ1v) is 10.1. The molecule has 27 heavy (non-hydrogen) atoms. The molecule has 1 aromatic heterocycles. The Morgan fingerprint density at radius 2 is 1.78 bits per heavy atom. The Hall–Kier alpha value is -2.36. The molecule has 0 spiro atoms. The molecule has 1 saturated carbocycles. The van der Waals surface area contributed by atoms with E-state index in [1.165, 1.54) is 12.8 Å². The second-order valence-corrected chi connectivity index (χ2v) is 7.82. The van der Waals surface area contributed by atoms with Gasteiger partial charge in [0.05, 0.1) is 18.8 Å². The molecule has 2 aliphatic rings. The molecule has 1 aliphatic carbocycles. The van der Waals surface area contributed by atoms with Crippen molar-refractivity contribution in [1.82, 2.24) is 9.88 Å². The van der Waals surface area contributed by atoms with E-state index < -0.39 is 0 Å². The quantitative estimate of drug-likeness (QED) is 0.773. The van der Waals surface area contributed by atoms with Gasteiger partial charge >= 0.3 is 0 Å². The first kappa shape index (κ1) is 18.0. The summed E-state index contributed by atoms with van der Waals surface area (Å²) in [6.07, 6.45) is 6.58. The van der Waals surface area contributed by atoms with Crippen LogP contribution in [0.15, 0.2) is 36.4 Å². The molecule has 1 amide bonds. The summed E-state index contributed by atoms with van der Waals surface area (Å²) < 4.78 is 5.27. The van der Waals surface area contributed by atoms with Crippen LogP contribution in [0.25, 0.3) is 11.1 Å². The number of carbonyl (C=O) groups excluding carboxylic acids is 1. The molecule has 0 N–H and O–H groups in total. The van der Waals surface area contributed by atoms with Crippen molar-refractivity contribution >= 4 is 5.91 Å². The first-order chi connectivity index (χ1) is 13.2. The van der Waals surface area contributed by atoms with E-state index in [1.807, 2.05) is 19.1 Å². The van der Waals surface area contributed by atoms with Gasteiger partial charge in [0.2, 0.25) is 5.91 Å². The van der Waals surface area contributed by atoms with E-state index in [9.17, 15) is 4.79 Å². The number of rotatable bonds is 4. The maximum absolute atomic E-state index is 13.0. The SMILES string of the molecule is COc1ccc(-c2cc(C)nc([C@@H]3CCCN3C(=O)C3CCCC3)c2)cc1. The molecular weight excluding hydrogens is 336 g/mol. The van der Waals surface area contributed by atoms with Gasteiger partial charge in [-0.25, -0.2) is 0 Å². The molecule has 0 unspecified atom stereocenters. The molecule has 4 rings (SSSR count). The highest BCUT2D eigenvalue weighted by Crippen LogP contribution is 2.37. The van der Waals surface area contributed by atoms with E-state index in [1.54, 1.807) is 7.11 Å². The van der Waals surface area contributed by atoms with Crippen LogP contribution in [0, 0.1) is 12.8 Å². The largest absolute Gasteiger partial charge is 0.497 e. The van der Waals surface area contributed by atoms with Crippen molar-refractivity contribution in [1.29, 1.82) is 0 Å². The summed E-state index contributed by atoms with van der Waals surface area (Å²) in [6, 6.07) is 12.5. The monoisotopic (exact) mass is 364 g/mol. The summed E-state index contributed by atoms with van der Waals surface area (Å²) in [4.78, 5) is 19.9. The normalized spacial score (nSPS) is 20.2. The zero-order valence-corrected chi connectivity index (χ0v) is 16.3. The Morgan fingerprint density at radius 3 is 2.48 bits per heavy atom. The fraction of sp³-hybridized carbons (Fsp3) is 0.478. The number of benzene rings is 1. The van der Waals surface area contributed by atoms with Crippen molar-refractivity contribution in [3.8, 4) is 16.9 Å². The number of likely N-dealkylation sites (tertiary alicyclic amines) is 1. The minimum atomic E-state index is 0.120. The number of aromatic nitrogens is 1. The van der Waals surface area contributed by atoms with Crippen LogP contribution < -0.4 is 4.74 Å². The van der Waals surface area contributed by atoms with E-state index in [0.29, 0.717) is 5.91 Å². The van der Waals surface area contributed by atoms with Crippen molar-refractivity contribution in [2.45, 2.75) is 51.5 Å². The Bertz CT molecular complexity index is 810. The molecule has 142 valence electrons. The Morgan fingerprint density at radius 1 is 1.04 bits per heavy atom. The third kappa shape index (κ3) is 3.71. The Balaban J connectivity index is 1.62. The van der Waals surface area contributed by atoms with Crippen LogP contribution in [0.5, 0.6) is 5.75 Å². The fourth-order valence-corrected chi connectivity index (χ4v) is 4.56. The average Bonchev–Trinajstić information content (AvgIpc) is 3.39. The number of aryl methyl sites for hydroxylation is 1. The predicted molar refractivity (Wildman–Crippen MR) is 107 cm³/mol. The van der Waals surface area contributed by atoms with Gasteiger partial charge in [-0.3, -0.25) is 9.78 Å². The number of methoxy groups -OCH3 is 1. The minimum Gasteiger partial charge on any atom is -0.497 e. The van der Waals surface area contributed by atoms with Gasteiger partial charge < -0.3 is 9.64 Å². The van der Waals surface area contributed by atoms with E-state index in [2.05, 4.69) is 29.2 Å². The lowest BCUT2D eigenvalue weighted by Gasteiger charge is -2.27. The van der Waals surface area contributed by atoms with Gasteiger partial charge in [0.15, 0.2) is 0 Å². The van der Waals surface area contributed by atoms with Crippen LogP contribution >= 0.6 is 0 Å². The lowest BCUT2D eigenvalue weighted by molar-refractivity contribution is -0.136. The number of ether oxygens (including phenoxy) is 1. The van der Waals surface area contributed by atoms with Crippen molar-refractivity contribution in [3.63, 3.8) is 0 Å². The van der Waals surface area contributed by atoms with Gasteiger partial charge in [-0.15, -0.1) is 0 Å². The topological polar surface area (TPSA) is 42.4 Å². The minimum absolute atomic E-state index is 0.120. The average molecular weight is 364 g/mol. The summed E-state index contributed by atoms with van der Waals surface area (Å²) in [7, 11) is 1.68. The molecular formula is C23H28N2O2. The highest BCUT2D eigenvalue weighted by molar-refractivity contribution is 5.80. The van der Waals surface area contributed by atoms with Crippen LogP contribution in [0.1, 0.15) is 56.0 Å². The Kier molecular flexibility index (Phi) is 5.15. The number of hydrogen-bond donors (Lipinski definition) is 0. The van der Waals surface area contributed by atoms with Crippen LogP contribution in [0.4, 0.5) is 0 Å². The van der Waals surface area contributed by atoms with Crippen molar-refractivity contribution in [2.24, 2.45) is 5.92 Å². The summed E-state index contributed by atoms with van der Waals surface area (Å²) in [6.45, 7) is 2.90. The number of pyridine rings is 1. The maximum Gasteiger partial charge on any atom is 0.226 e. The Labute approximate surface area is 161 Å².